The number of rotatable bonds is 7. The fraction of sp³-hybridized carbons (Fsp3) is 0.933. The van der Waals surface area contributed by atoms with Gasteiger partial charge in [-0.2, -0.15) is 0 Å². The molecule has 1 atom stereocenters. The van der Waals surface area contributed by atoms with Crippen LogP contribution in [0.4, 0.5) is 0 Å². The Morgan fingerprint density at radius 1 is 1.05 bits per heavy atom. The smallest absolute Gasteiger partial charge is 0.317 e. The number of nitrogens with one attached hydrogen (secondary N) is 1. The normalized spacial score (nSPS) is 25.7. The second-order valence-electron chi connectivity index (χ2n) is 6.24. The lowest BCUT2D eigenvalue weighted by atomic mass is 9.98. The topological polar surface area (TPSA) is 55.8 Å². The summed E-state index contributed by atoms with van der Waals surface area (Å²) in [6.07, 6.45) is 6.60. The molecule has 0 aromatic carbocycles. The number of nitrogens with zero attached hydrogens (tertiary/aromatic N) is 2. The summed E-state index contributed by atoms with van der Waals surface area (Å²) in [6.45, 7) is 8.19. The Morgan fingerprint density at radius 2 is 1.75 bits per heavy atom. The minimum Gasteiger partial charge on any atom is -0.480 e. The van der Waals surface area contributed by atoms with Crippen LogP contribution in [0.25, 0.3) is 0 Å². The van der Waals surface area contributed by atoms with Gasteiger partial charge in [-0.3, -0.25) is 4.79 Å². The molecular weight excluding hydrogens is 254 g/mol. The van der Waals surface area contributed by atoms with Gasteiger partial charge < -0.3 is 20.2 Å². The lowest BCUT2D eigenvalue weighted by Crippen LogP contribution is -2.44. The van der Waals surface area contributed by atoms with Crippen molar-refractivity contribution in [3.05, 3.63) is 0 Å². The quantitative estimate of drug-likeness (QED) is 0.726. The predicted octanol–water partition coefficient (Wildman–Crippen LogP) is 0.859. The molecule has 0 amide bonds. The molecule has 5 nitrogen and oxygen atoms in total. The molecule has 20 heavy (non-hydrogen) atoms. The molecule has 0 aliphatic carbocycles. The third-order valence-electron chi connectivity index (χ3n) is 4.49. The van der Waals surface area contributed by atoms with E-state index in [-0.39, 0.29) is 6.54 Å². The van der Waals surface area contributed by atoms with Gasteiger partial charge in [0.25, 0.3) is 0 Å². The molecule has 2 fully saturated rings. The van der Waals surface area contributed by atoms with Crippen LogP contribution in [0.5, 0.6) is 0 Å². The van der Waals surface area contributed by atoms with Gasteiger partial charge in [-0.25, -0.2) is 0 Å². The third kappa shape index (κ3) is 5.77. The number of hydrogen-bond donors (Lipinski definition) is 2. The van der Waals surface area contributed by atoms with Crippen molar-refractivity contribution in [1.29, 1.82) is 0 Å². The van der Waals surface area contributed by atoms with Crippen LogP contribution >= 0.6 is 0 Å². The van der Waals surface area contributed by atoms with Gasteiger partial charge >= 0.3 is 5.97 Å². The van der Waals surface area contributed by atoms with Gasteiger partial charge in [0.15, 0.2) is 0 Å². The second kappa shape index (κ2) is 8.60. The zero-order valence-corrected chi connectivity index (χ0v) is 12.5. The van der Waals surface area contributed by atoms with E-state index in [0.717, 1.165) is 13.1 Å². The minimum atomic E-state index is -0.761. The highest BCUT2D eigenvalue weighted by Gasteiger charge is 2.20. The van der Waals surface area contributed by atoms with E-state index in [0.29, 0.717) is 5.92 Å². The number of carboxylic acid groups (broad SMARTS) is 1. The van der Waals surface area contributed by atoms with Gasteiger partial charge in [0.05, 0.1) is 6.54 Å². The van der Waals surface area contributed by atoms with E-state index in [9.17, 15) is 4.79 Å². The Labute approximate surface area is 122 Å². The molecule has 0 bridgehead atoms. The van der Waals surface area contributed by atoms with Crippen LogP contribution in [0, 0.1) is 5.92 Å². The van der Waals surface area contributed by atoms with Crippen molar-refractivity contribution in [2.24, 2.45) is 5.92 Å². The summed E-state index contributed by atoms with van der Waals surface area (Å²) >= 11 is 0. The standard InChI is InChI=1S/C15H29N3O2/c19-15(20)12-16-11-14-5-4-8-18(13-14)10-9-17-6-2-1-3-7-17/h14,16H,1-13H2,(H,19,20). The van der Waals surface area contributed by atoms with E-state index in [1.807, 2.05) is 0 Å². The summed E-state index contributed by atoms with van der Waals surface area (Å²) in [5.41, 5.74) is 0. The summed E-state index contributed by atoms with van der Waals surface area (Å²) in [6, 6.07) is 0. The predicted molar refractivity (Wildman–Crippen MR) is 80.0 cm³/mol. The molecule has 116 valence electrons. The number of carboxylic acids is 1. The zero-order valence-electron chi connectivity index (χ0n) is 12.5. The van der Waals surface area contributed by atoms with Gasteiger partial charge in [-0.05, 0) is 57.8 Å². The summed E-state index contributed by atoms with van der Waals surface area (Å²) in [4.78, 5) is 15.7. The van der Waals surface area contributed by atoms with Gasteiger partial charge in [0, 0.05) is 19.6 Å². The maximum absolute atomic E-state index is 10.5. The fourth-order valence-electron chi connectivity index (χ4n) is 3.37. The van der Waals surface area contributed by atoms with E-state index in [2.05, 4.69) is 15.1 Å². The highest BCUT2D eigenvalue weighted by molar-refractivity contribution is 5.68. The largest absolute Gasteiger partial charge is 0.480 e. The average Bonchev–Trinajstić information content (AvgIpc) is 2.46. The molecule has 5 heteroatoms. The molecular formula is C15H29N3O2. The molecule has 2 heterocycles. The zero-order chi connectivity index (χ0) is 14.2. The minimum absolute atomic E-state index is 0.0876. The van der Waals surface area contributed by atoms with Crippen LogP contribution in [0.15, 0.2) is 0 Å². The Bertz CT molecular complexity index is 293. The molecule has 2 aliphatic rings. The fourth-order valence-corrected chi connectivity index (χ4v) is 3.37. The first-order valence-corrected chi connectivity index (χ1v) is 8.11. The van der Waals surface area contributed by atoms with Crippen molar-refractivity contribution in [3.63, 3.8) is 0 Å². The van der Waals surface area contributed by atoms with Gasteiger partial charge in [-0.15, -0.1) is 0 Å². The van der Waals surface area contributed by atoms with Crippen LogP contribution in [0.2, 0.25) is 0 Å². The molecule has 2 N–H and O–H groups in total. The Morgan fingerprint density at radius 3 is 2.50 bits per heavy atom. The molecule has 2 rings (SSSR count). The van der Waals surface area contributed by atoms with Crippen molar-refractivity contribution in [1.82, 2.24) is 15.1 Å². The van der Waals surface area contributed by atoms with E-state index in [1.165, 1.54) is 64.8 Å². The molecule has 0 radical (unpaired) electrons. The van der Waals surface area contributed by atoms with Crippen molar-refractivity contribution < 1.29 is 9.90 Å². The van der Waals surface area contributed by atoms with Crippen molar-refractivity contribution >= 4 is 5.97 Å². The van der Waals surface area contributed by atoms with Crippen LogP contribution < -0.4 is 5.32 Å². The summed E-state index contributed by atoms with van der Waals surface area (Å²) in [5.74, 6) is -0.146. The monoisotopic (exact) mass is 283 g/mol. The average molecular weight is 283 g/mol. The van der Waals surface area contributed by atoms with Gasteiger partial charge in [-0.1, -0.05) is 6.42 Å². The molecule has 0 aromatic rings. The number of likely N-dealkylation sites (tertiary alicyclic amines) is 2. The molecule has 0 aromatic heterocycles. The van der Waals surface area contributed by atoms with Crippen LogP contribution in [0.3, 0.4) is 0 Å². The molecule has 2 aliphatic heterocycles. The highest BCUT2D eigenvalue weighted by atomic mass is 16.4. The number of carbonyl (C=O) groups is 1. The van der Waals surface area contributed by atoms with Gasteiger partial charge in [0.1, 0.15) is 0 Å². The second-order valence-corrected chi connectivity index (χ2v) is 6.24. The summed E-state index contributed by atoms with van der Waals surface area (Å²) in [7, 11) is 0. The lowest BCUT2D eigenvalue weighted by molar-refractivity contribution is -0.136. The number of piperidine rings is 2. The Kier molecular flexibility index (Phi) is 6.76. The maximum atomic E-state index is 10.5. The third-order valence-corrected chi connectivity index (χ3v) is 4.49. The molecule has 1 unspecified atom stereocenters. The summed E-state index contributed by atoms with van der Waals surface area (Å²) in [5, 5.41) is 11.7. The van der Waals surface area contributed by atoms with Crippen LogP contribution in [0.1, 0.15) is 32.1 Å². The first-order valence-electron chi connectivity index (χ1n) is 8.11. The maximum Gasteiger partial charge on any atom is 0.317 e. The van der Waals surface area contributed by atoms with Crippen LogP contribution in [-0.2, 0) is 4.79 Å². The Balaban J connectivity index is 1.61. The first-order chi connectivity index (χ1) is 9.74. The van der Waals surface area contributed by atoms with Gasteiger partial charge in [0.2, 0.25) is 0 Å². The van der Waals surface area contributed by atoms with Crippen molar-refractivity contribution in [2.45, 2.75) is 32.1 Å². The molecule has 2 saturated heterocycles. The SMILES string of the molecule is O=C(O)CNCC1CCCN(CCN2CCCCC2)C1. The number of aliphatic carboxylic acids is 1. The van der Waals surface area contributed by atoms with E-state index in [4.69, 9.17) is 5.11 Å². The molecule has 0 spiro atoms. The summed E-state index contributed by atoms with van der Waals surface area (Å²) < 4.78 is 0. The van der Waals surface area contributed by atoms with Crippen molar-refractivity contribution in [2.75, 3.05) is 52.4 Å². The lowest BCUT2D eigenvalue weighted by Gasteiger charge is -2.35. The van der Waals surface area contributed by atoms with E-state index in [1.54, 1.807) is 0 Å². The van der Waals surface area contributed by atoms with Crippen molar-refractivity contribution in [3.8, 4) is 0 Å². The van der Waals surface area contributed by atoms with E-state index >= 15 is 0 Å². The molecule has 0 saturated carbocycles. The van der Waals surface area contributed by atoms with Crippen LogP contribution in [-0.4, -0.2) is 73.2 Å². The Hall–Kier alpha value is -0.650. The first kappa shape index (κ1) is 15.7. The highest BCUT2D eigenvalue weighted by Crippen LogP contribution is 2.16. The van der Waals surface area contributed by atoms with E-state index < -0.39 is 5.97 Å². The number of hydrogen-bond acceptors (Lipinski definition) is 4.